The minimum Gasteiger partial charge on any atom is -0.497 e. The highest BCUT2D eigenvalue weighted by atomic mass is 16.5. The number of hydrogen-bond acceptors (Lipinski definition) is 4. The lowest BCUT2D eigenvalue weighted by Gasteiger charge is -2.35. The maximum atomic E-state index is 13.1. The number of anilines is 1. The second-order valence-electron chi connectivity index (χ2n) is 8.48. The lowest BCUT2D eigenvalue weighted by molar-refractivity contribution is 0.0925. The van der Waals surface area contributed by atoms with Crippen molar-refractivity contribution in [2.45, 2.75) is 45.6 Å². The van der Waals surface area contributed by atoms with Gasteiger partial charge in [0.1, 0.15) is 5.75 Å². The van der Waals surface area contributed by atoms with Gasteiger partial charge in [0, 0.05) is 54.9 Å². The van der Waals surface area contributed by atoms with Crippen LogP contribution in [0.4, 0.5) is 5.69 Å². The van der Waals surface area contributed by atoms with E-state index in [0.29, 0.717) is 12.6 Å². The normalized spacial score (nSPS) is 18.4. The van der Waals surface area contributed by atoms with Crippen molar-refractivity contribution in [2.24, 2.45) is 0 Å². The zero-order valence-corrected chi connectivity index (χ0v) is 18.0. The van der Waals surface area contributed by atoms with E-state index in [2.05, 4.69) is 46.4 Å². The summed E-state index contributed by atoms with van der Waals surface area (Å²) in [4.78, 5) is 17.7. The van der Waals surface area contributed by atoms with Gasteiger partial charge in [0.2, 0.25) is 0 Å². The minimum atomic E-state index is 0.264. The number of methoxy groups -OCH3 is 1. The maximum Gasteiger partial charge on any atom is 0.178 e. The van der Waals surface area contributed by atoms with Gasteiger partial charge in [-0.15, -0.1) is 0 Å². The number of ether oxygens (including phenoxy) is 1. The Morgan fingerprint density at radius 2 is 1.69 bits per heavy atom. The van der Waals surface area contributed by atoms with E-state index in [0.717, 1.165) is 43.2 Å². The Labute approximate surface area is 174 Å². The van der Waals surface area contributed by atoms with Gasteiger partial charge in [0.05, 0.1) is 13.7 Å². The average molecular weight is 396 g/mol. The Morgan fingerprint density at radius 3 is 2.31 bits per heavy atom. The van der Waals surface area contributed by atoms with Crippen molar-refractivity contribution in [3.63, 3.8) is 0 Å². The predicted octanol–water partition coefficient (Wildman–Crippen LogP) is 4.23. The van der Waals surface area contributed by atoms with Gasteiger partial charge >= 0.3 is 0 Å². The van der Waals surface area contributed by atoms with Gasteiger partial charge in [-0.05, 0) is 57.0 Å². The van der Waals surface area contributed by atoms with Gasteiger partial charge in [-0.2, -0.15) is 0 Å². The summed E-state index contributed by atoms with van der Waals surface area (Å²) in [5, 5.41) is 0. The molecule has 2 aromatic rings. The molecule has 1 aromatic carbocycles. The van der Waals surface area contributed by atoms with Crippen LogP contribution >= 0.6 is 0 Å². The molecule has 1 aliphatic carbocycles. The molecule has 4 rings (SSSR count). The van der Waals surface area contributed by atoms with Gasteiger partial charge in [-0.1, -0.05) is 12.8 Å². The molecular formula is C24H33N3O2. The number of carbonyl (C=O) groups is 1. The summed E-state index contributed by atoms with van der Waals surface area (Å²) in [7, 11) is 1.69. The first-order chi connectivity index (χ1) is 14.1. The Kier molecular flexibility index (Phi) is 5.95. The van der Waals surface area contributed by atoms with E-state index in [4.69, 9.17) is 4.74 Å². The van der Waals surface area contributed by atoms with Crippen molar-refractivity contribution in [1.29, 1.82) is 0 Å². The third-order valence-electron chi connectivity index (χ3n) is 6.65. The second kappa shape index (κ2) is 8.62. The molecule has 1 saturated carbocycles. The highest BCUT2D eigenvalue weighted by Crippen LogP contribution is 2.33. The first-order valence-corrected chi connectivity index (χ1v) is 10.9. The van der Waals surface area contributed by atoms with Crippen LogP contribution in [0.15, 0.2) is 30.3 Å². The third kappa shape index (κ3) is 4.20. The number of rotatable bonds is 6. The zero-order chi connectivity index (χ0) is 20.4. The highest BCUT2D eigenvalue weighted by Gasteiger charge is 2.25. The first-order valence-electron chi connectivity index (χ1n) is 10.9. The molecule has 5 nitrogen and oxygen atoms in total. The van der Waals surface area contributed by atoms with E-state index in [1.165, 1.54) is 37.1 Å². The van der Waals surface area contributed by atoms with Gasteiger partial charge < -0.3 is 14.2 Å². The van der Waals surface area contributed by atoms with Crippen LogP contribution in [0.3, 0.4) is 0 Å². The van der Waals surface area contributed by atoms with E-state index >= 15 is 0 Å². The van der Waals surface area contributed by atoms with Crippen molar-refractivity contribution < 1.29 is 9.53 Å². The quantitative estimate of drug-likeness (QED) is 0.686. The van der Waals surface area contributed by atoms with Gasteiger partial charge in [-0.25, -0.2) is 0 Å². The van der Waals surface area contributed by atoms with Crippen LogP contribution in [0.2, 0.25) is 0 Å². The number of carbonyl (C=O) groups excluding carboxylic acids is 1. The van der Waals surface area contributed by atoms with E-state index in [1.807, 2.05) is 12.1 Å². The number of hydrogen-bond donors (Lipinski definition) is 0. The van der Waals surface area contributed by atoms with Crippen LogP contribution < -0.4 is 9.64 Å². The fraction of sp³-hybridized carbons (Fsp3) is 0.542. The number of nitrogens with zero attached hydrogens (tertiary/aromatic N) is 3. The molecule has 1 saturated heterocycles. The molecule has 0 spiro atoms. The van der Waals surface area contributed by atoms with Crippen LogP contribution in [-0.4, -0.2) is 55.1 Å². The second-order valence-corrected chi connectivity index (χ2v) is 8.48. The molecule has 29 heavy (non-hydrogen) atoms. The van der Waals surface area contributed by atoms with E-state index in [1.54, 1.807) is 7.11 Å². The summed E-state index contributed by atoms with van der Waals surface area (Å²) in [6.45, 7) is 8.51. The largest absolute Gasteiger partial charge is 0.497 e. The number of aromatic nitrogens is 1. The number of aryl methyl sites for hydroxylation is 1. The summed E-state index contributed by atoms with van der Waals surface area (Å²) in [6.07, 6.45) is 5.11. The topological polar surface area (TPSA) is 37.7 Å². The molecule has 0 N–H and O–H groups in total. The Hall–Kier alpha value is -2.27. The lowest BCUT2D eigenvalue weighted by Crippen LogP contribution is -2.48. The molecule has 2 heterocycles. The zero-order valence-electron chi connectivity index (χ0n) is 18.0. The SMILES string of the molecule is COc1ccc(N2CCN(CC(=O)c3cc(C)n(C4CCCC4)c3C)CC2)cc1. The lowest BCUT2D eigenvalue weighted by atomic mass is 10.1. The highest BCUT2D eigenvalue weighted by molar-refractivity contribution is 5.99. The van der Waals surface area contributed by atoms with Crippen LogP contribution in [0.25, 0.3) is 0 Å². The molecular weight excluding hydrogens is 362 g/mol. The molecule has 1 aliphatic heterocycles. The fourth-order valence-electron chi connectivity index (χ4n) is 5.03. The van der Waals surface area contributed by atoms with Crippen LogP contribution in [-0.2, 0) is 0 Å². The predicted molar refractivity (Wildman–Crippen MR) is 117 cm³/mol. The van der Waals surface area contributed by atoms with Crippen molar-refractivity contribution in [3.8, 4) is 5.75 Å². The number of Topliss-reactive ketones (excluding diaryl/α,β-unsaturated/α-hetero) is 1. The van der Waals surface area contributed by atoms with Gasteiger partial charge in [-0.3, -0.25) is 9.69 Å². The summed E-state index contributed by atoms with van der Waals surface area (Å²) in [6, 6.07) is 10.9. The number of benzene rings is 1. The monoisotopic (exact) mass is 395 g/mol. The summed E-state index contributed by atoms with van der Waals surface area (Å²) >= 11 is 0. The van der Waals surface area contributed by atoms with Crippen molar-refractivity contribution in [2.75, 3.05) is 44.7 Å². The number of piperazine rings is 1. The number of ketones is 1. The van der Waals surface area contributed by atoms with Crippen LogP contribution in [0, 0.1) is 13.8 Å². The van der Waals surface area contributed by atoms with E-state index < -0.39 is 0 Å². The van der Waals surface area contributed by atoms with Crippen molar-refractivity contribution in [1.82, 2.24) is 9.47 Å². The molecule has 0 unspecified atom stereocenters. The molecule has 0 radical (unpaired) electrons. The Bertz CT molecular complexity index is 842. The standard InChI is InChI=1S/C24H33N3O2/c1-18-16-23(19(2)27(18)21-6-4-5-7-21)24(28)17-25-12-14-26(15-13-25)20-8-10-22(29-3)11-9-20/h8-11,16,21H,4-7,12-15,17H2,1-3H3. The maximum absolute atomic E-state index is 13.1. The molecule has 2 fully saturated rings. The van der Waals surface area contributed by atoms with E-state index in [-0.39, 0.29) is 5.78 Å². The third-order valence-corrected chi connectivity index (χ3v) is 6.65. The van der Waals surface area contributed by atoms with Crippen molar-refractivity contribution >= 4 is 11.5 Å². The molecule has 0 bridgehead atoms. The molecule has 0 amide bonds. The molecule has 5 heteroatoms. The Balaban J connectivity index is 1.36. The molecule has 156 valence electrons. The molecule has 2 aliphatic rings. The van der Waals surface area contributed by atoms with Gasteiger partial charge in [0.25, 0.3) is 0 Å². The average Bonchev–Trinajstić information content (AvgIpc) is 3.36. The smallest absolute Gasteiger partial charge is 0.178 e. The fourth-order valence-corrected chi connectivity index (χ4v) is 5.03. The molecule has 0 atom stereocenters. The summed E-state index contributed by atoms with van der Waals surface area (Å²) < 4.78 is 7.66. The molecule has 1 aromatic heterocycles. The summed E-state index contributed by atoms with van der Waals surface area (Å²) in [5.41, 5.74) is 4.54. The minimum absolute atomic E-state index is 0.264. The first kappa shape index (κ1) is 20.0. The van der Waals surface area contributed by atoms with Crippen LogP contribution in [0.5, 0.6) is 5.75 Å². The van der Waals surface area contributed by atoms with Crippen LogP contribution in [0.1, 0.15) is 53.5 Å². The Morgan fingerprint density at radius 1 is 1.03 bits per heavy atom. The summed E-state index contributed by atoms with van der Waals surface area (Å²) in [5.74, 6) is 1.15. The van der Waals surface area contributed by atoms with E-state index in [9.17, 15) is 4.79 Å². The van der Waals surface area contributed by atoms with Gasteiger partial charge in [0.15, 0.2) is 5.78 Å². The van der Waals surface area contributed by atoms with Crippen molar-refractivity contribution in [3.05, 3.63) is 47.3 Å².